The number of fused-ring (bicyclic) bond motifs is 7. The molecular weight excluding hydrogens is 658 g/mol. The van der Waals surface area contributed by atoms with E-state index in [-0.39, 0.29) is 17.2 Å². The topological polar surface area (TPSA) is 180 Å². The molecule has 21 unspecified atom stereocenters. The van der Waals surface area contributed by atoms with E-state index in [1.165, 1.54) is 38.2 Å². The van der Waals surface area contributed by atoms with E-state index in [0.717, 1.165) is 38.6 Å². The van der Waals surface area contributed by atoms with Crippen LogP contribution >= 0.6 is 0 Å². The fraction of sp³-hybridized carbons (Fsp3) is 0.949. The van der Waals surface area contributed by atoms with Gasteiger partial charge in [-0.2, -0.15) is 0 Å². The molecule has 8 rings (SSSR count). The van der Waals surface area contributed by atoms with Crippen LogP contribution in [0.15, 0.2) is 11.6 Å². The van der Waals surface area contributed by atoms with Crippen molar-refractivity contribution in [2.45, 2.75) is 172 Å². The standard InChI is InChI=1S/C39H63NO11/c1-18-8-13-39(40-16-18)19(2)28-26(51-39)15-25-23-7-6-21-14-22(9-11-37(21,4)24(23)10-12-38(25,28)5)48-36-33(46)31(44)34(27(17-41)49-36)50-35-32(45)30(43)29(42)20(3)47-35/h6,18-20,22-36,40-46H,7-17H2,1-5H3. The molecule has 4 aliphatic carbocycles. The average molecular weight is 722 g/mol. The second-order valence-electron chi connectivity index (χ2n) is 18.4. The first kappa shape index (κ1) is 37.2. The summed E-state index contributed by atoms with van der Waals surface area (Å²) in [7, 11) is 0. The van der Waals surface area contributed by atoms with Gasteiger partial charge in [-0.15, -0.1) is 0 Å². The lowest BCUT2D eigenvalue weighted by molar-refractivity contribution is -0.360. The Labute approximate surface area is 302 Å². The number of aliphatic hydroxyl groups is 6. The smallest absolute Gasteiger partial charge is 0.187 e. The van der Waals surface area contributed by atoms with Gasteiger partial charge in [0.05, 0.1) is 24.9 Å². The maximum atomic E-state index is 11.1. The molecule has 21 atom stereocenters. The number of piperidine rings is 1. The van der Waals surface area contributed by atoms with E-state index >= 15 is 0 Å². The van der Waals surface area contributed by atoms with Gasteiger partial charge in [-0.25, -0.2) is 0 Å². The molecule has 0 radical (unpaired) electrons. The number of rotatable bonds is 5. The number of aliphatic hydroxyl groups excluding tert-OH is 6. The molecule has 0 amide bonds. The van der Waals surface area contributed by atoms with E-state index in [1.54, 1.807) is 0 Å². The van der Waals surface area contributed by atoms with Crippen molar-refractivity contribution >= 4 is 0 Å². The van der Waals surface area contributed by atoms with Crippen molar-refractivity contribution in [1.82, 2.24) is 5.32 Å². The maximum Gasteiger partial charge on any atom is 0.187 e. The van der Waals surface area contributed by atoms with Crippen molar-refractivity contribution in [3.05, 3.63) is 11.6 Å². The fourth-order valence-corrected chi connectivity index (χ4v) is 12.7. The normalized spacial score (nSPS) is 58.4. The molecule has 7 fully saturated rings. The van der Waals surface area contributed by atoms with Gasteiger partial charge in [0.1, 0.15) is 48.5 Å². The molecule has 1 spiro atoms. The molecule has 4 aliphatic heterocycles. The Balaban J connectivity index is 0.915. The van der Waals surface area contributed by atoms with Gasteiger partial charge in [0.2, 0.25) is 0 Å². The van der Waals surface area contributed by atoms with E-state index < -0.39 is 68.0 Å². The highest BCUT2D eigenvalue weighted by Gasteiger charge is 2.68. The number of hydrogen-bond acceptors (Lipinski definition) is 12. The van der Waals surface area contributed by atoms with Crippen molar-refractivity contribution in [3.8, 4) is 0 Å². The monoisotopic (exact) mass is 721 g/mol. The second-order valence-corrected chi connectivity index (χ2v) is 18.4. The Morgan fingerprint density at radius 2 is 1.59 bits per heavy atom. The summed E-state index contributed by atoms with van der Waals surface area (Å²) in [6, 6.07) is 0. The van der Waals surface area contributed by atoms with Crippen LogP contribution in [0, 0.1) is 46.3 Å². The Kier molecular flexibility index (Phi) is 9.83. The fourth-order valence-electron chi connectivity index (χ4n) is 12.7. The third-order valence-corrected chi connectivity index (χ3v) is 15.8. The Bertz CT molecular complexity index is 1310. The molecule has 0 aromatic rings. The predicted octanol–water partition coefficient (Wildman–Crippen LogP) is 1.96. The minimum atomic E-state index is -1.60. The summed E-state index contributed by atoms with van der Waals surface area (Å²) in [5.41, 5.74) is 1.66. The molecule has 12 nitrogen and oxygen atoms in total. The maximum absolute atomic E-state index is 11.1. The quantitative estimate of drug-likeness (QED) is 0.206. The van der Waals surface area contributed by atoms with Crippen LogP contribution < -0.4 is 5.32 Å². The highest BCUT2D eigenvalue weighted by atomic mass is 16.7. The molecule has 4 saturated heterocycles. The van der Waals surface area contributed by atoms with E-state index in [2.05, 4.69) is 39.1 Å². The molecule has 0 aromatic carbocycles. The van der Waals surface area contributed by atoms with Gasteiger partial charge in [-0.3, -0.25) is 5.32 Å². The largest absolute Gasteiger partial charge is 0.394 e. The van der Waals surface area contributed by atoms with Gasteiger partial charge in [0.25, 0.3) is 0 Å². The summed E-state index contributed by atoms with van der Waals surface area (Å²) in [6.07, 6.45) is -1.11. The van der Waals surface area contributed by atoms with Gasteiger partial charge in [-0.05, 0) is 105 Å². The van der Waals surface area contributed by atoms with E-state index in [9.17, 15) is 30.6 Å². The zero-order valence-electron chi connectivity index (χ0n) is 31.0. The van der Waals surface area contributed by atoms with Gasteiger partial charge >= 0.3 is 0 Å². The lowest BCUT2D eigenvalue weighted by Crippen LogP contribution is -2.64. The zero-order valence-corrected chi connectivity index (χ0v) is 31.0. The highest BCUT2D eigenvalue weighted by molar-refractivity contribution is 5.26. The Morgan fingerprint density at radius 1 is 0.843 bits per heavy atom. The van der Waals surface area contributed by atoms with Crippen LogP contribution in [-0.4, -0.2) is 123 Å². The lowest BCUT2D eigenvalue weighted by atomic mass is 9.47. The van der Waals surface area contributed by atoms with Crippen LogP contribution in [0.3, 0.4) is 0 Å². The van der Waals surface area contributed by atoms with Crippen LogP contribution in [0.5, 0.6) is 0 Å². The first-order valence-corrected chi connectivity index (χ1v) is 20.0. The van der Waals surface area contributed by atoms with Crippen molar-refractivity contribution in [3.63, 3.8) is 0 Å². The number of ether oxygens (including phenoxy) is 5. The molecule has 0 bridgehead atoms. The molecule has 12 heteroatoms. The predicted molar refractivity (Wildman–Crippen MR) is 184 cm³/mol. The first-order valence-electron chi connectivity index (χ1n) is 20.0. The van der Waals surface area contributed by atoms with Crippen LogP contribution in [0.4, 0.5) is 0 Å². The second kappa shape index (κ2) is 13.5. The minimum Gasteiger partial charge on any atom is -0.394 e. The van der Waals surface area contributed by atoms with E-state index in [0.29, 0.717) is 47.0 Å². The van der Waals surface area contributed by atoms with Crippen LogP contribution in [-0.2, 0) is 23.7 Å². The molecule has 3 saturated carbocycles. The van der Waals surface area contributed by atoms with E-state index in [4.69, 9.17) is 23.7 Å². The average Bonchev–Trinajstić information content (AvgIpc) is 3.56. The first-order chi connectivity index (χ1) is 24.2. The Morgan fingerprint density at radius 3 is 2.31 bits per heavy atom. The summed E-state index contributed by atoms with van der Waals surface area (Å²) in [5, 5.41) is 67.0. The summed E-state index contributed by atoms with van der Waals surface area (Å²) >= 11 is 0. The molecule has 290 valence electrons. The number of nitrogens with one attached hydrogen (secondary N) is 1. The third-order valence-electron chi connectivity index (χ3n) is 15.8. The van der Waals surface area contributed by atoms with Crippen LogP contribution in [0.25, 0.3) is 0 Å². The molecular formula is C39H63NO11. The van der Waals surface area contributed by atoms with Gasteiger partial charge < -0.3 is 54.3 Å². The van der Waals surface area contributed by atoms with Crippen molar-refractivity contribution < 1.29 is 54.3 Å². The molecule has 8 aliphatic rings. The molecule has 4 heterocycles. The van der Waals surface area contributed by atoms with Crippen LogP contribution in [0.1, 0.15) is 92.4 Å². The Hall–Kier alpha value is -0.740. The summed E-state index contributed by atoms with van der Waals surface area (Å²) in [5.74, 6) is 3.74. The number of allylic oxidation sites excluding steroid dienone is 1. The SMILES string of the molecule is CC1CCC2(NC1)OC1CC3C4CC=C5CC(OC6OC(CO)C(OC7OC(C)C(O)C(O)C7O)C(O)C6O)CCC5(C)C4CCC3(C)C1C2C. The minimum absolute atomic E-state index is 0.0881. The van der Waals surface area contributed by atoms with E-state index in [1.807, 2.05) is 0 Å². The summed E-state index contributed by atoms with van der Waals surface area (Å²) in [4.78, 5) is 0. The molecule has 0 aromatic heterocycles. The number of hydrogen-bond donors (Lipinski definition) is 7. The summed E-state index contributed by atoms with van der Waals surface area (Å²) < 4.78 is 30.7. The molecule has 51 heavy (non-hydrogen) atoms. The highest BCUT2D eigenvalue weighted by Crippen LogP contribution is 2.70. The van der Waals surface area contributed by atoms with Gasteiger partial charge in [-0.1, -0.05) is 39.3 Å². The van der Waals surface area contributed by atoms with Crippen LogP contribution in [0.2, 0.25) is 0 Å². The summed E-state index contributed by atoms with van der Waals surface area (Å²) in [6.45, 7) is 11.9. The zero-order chi connectivity index (χ0) is 36.2. The molecule has 7 N–H and O–H groups in total. The lowest BCUT2D eigenvalue weighted by Gasteiger charge is -2.59. The van der Waals surface area contributed by atoms with Crippen molar-refractivity contribution in [2.24, 2.45) is 46.3 Å². The van der Waals surface area contributed by atoms with Gasteiger partial charge in [0, 0.05) is 12.5 Å². The van der Waals surface area contributed by atoms with Gasteiger partial charge in [0.15, 0.2) is 12.6 Å². The third kappa shape index (κ3) is 5.84. The van der Waals surface area contributed by atoms with Crippen molar-refractivity contribution in [1.29, 1.82) is 0 Å². The van der Waals surface area contributed by atoms with Crippen molar-refractivity contribution in [2.75, 3.05) is 13.2 Å².